The molecule has 0 amide bonds. The van der Waals surface area contributed by atoms with E-state index in [2.05, 4.69) is 25.8 Å². The molecular formula is C13H15NO3S. The summed E-state index contributed by atoms with van der Waals surface area (Å²) < 4.78 is 5.47. The Morgan fingerprint density at radius 3 is 2.78 bits per heavy atom. The smallest absolute Gasteiger partial charge is 0.314 e. The van der Waals surface area contributed by atoms with Crippen molar-refractivity contribution in [3.05, 3.63) is 23.8 Å². The first-order valence-corrected chi connectivity index (χ1v) is 6.60. The van der Waals surface area contributed by atoms with E-state index in [0.29, 0.717) is 10.8 Å². The SMILES string of the molecule is CC(C)(C)c1ccc2oc(SCC(=O)O)nc2c1. The fraction of sp³-hybridized carbons (Fsp3) is 0.385. The Kier molecular flexibility index (Phi) is 3.34. The zero-order chi connectivity index (χ0) is 13.3. The first-order chi connectivity index (χ1) is 8.36. The molecule has 5 heteroatoms. The number of carboxylic acid groups (broad SMARTS) is 1. The van der Waals surface area contributed by atoms with Crippen molar-refractivity contribution < 1.29 is 14.3 Å². The molecule has 0 saturated carbocycles. The van der Waals surface area contributed by atoms with Crippen LogP contribution in [0, 0.1) is 0 Å². The Bertz CT molecular complexity index is 583. The van der Waals surface area contributed by atoms with Gasteiger partial charge in [0.15, 0.2) is 5.58 Å². The quantitative estimate of drug-likeness (QED) is 0.863. The number of hydrogen-bond donors (Lipinski definition) is 1. The van der Waals surface area contributed by atoms with E-state index in [4.69, 9.17) is 9.52 Å². The summed E-state index contributed by atoms with van der Waals surface area (Å²) in [6.07, 6.45) is 0. The first-order valence-electron chi connectivity index (χ1n) is 5.62. The van der Waals surface area contributed by atoms with E-state index >= 15 is 0 Å². The van der Waals surface area contributed by atoms with Gasteiger partial charge in [-0.05, 0) is 23.1 Å². The molecule has 1 aromatic heterocycles. The lowest BCUT2D eigenvalue weighted by Crippen LogP contribution is -2.10. The number of aromatic nitrogens is 1. The highest BCUT2D eigenvalue weighted by atomic mass is 32.2. The molecule has 1 N–H and O–H groups in total. The van der Waals surface area contributed by atoms with E-state index < -0.39 is 5.97 Å². The number of aliphatic carboxylic acids is 1. The minimum absolute atomic E-state index is 0.0427. The molecule has 0 bridgehead atoms. The van der Waals surface area contributed by atoms with Gasteiger partial charge in [-0.2, -0.15) is 0 Å². The Balaban J connectivity index is 2.31. The Morgan fingerprint density at radius 2 is 2.17 bits per heavy atom. The van der Waals surface area contributed by atoms with E-state index in [1.807, 2.05) is 18.2 Å². The second-order valence-corrected chi connectivity index (χ2v) is 6.02. The highest BCUT2D eigenvalue weighted by molar-refractivity contribution is 7.99. The number of oxazole rings is 1. The van der Waals surface area contributed by atoms with Gasteiger partial charge in [-0.25, -0.2) is 4.98 Å². The maximum absolute atomic E-state index is 10.5. The van der Waals surface area contributed by atoms with E-state index in [1.165, 1.54) is 5.56 Å². The van der Waals surface area contributed by atoms with Crippen molar-refractivity contribution in [1.29, 1.82) is 0 Å². The lowest BCUT2D eigenvalue weighted by molar-refractivity contribution is -0.133. The van der Waals surface area contributed by atoms with Crippen molar-refractivity contribution in [1.82, 2.24) is 4.98 Å². The molecule has 0 radical (unpaired) electrons. The fourth-order valence-corrected chi connectivity index (χ4v) is 2.12. The molecule has 0 aliphatic carbocycles. The summed E-state index contributed by atoms with van der Waals surface area (Å²) in [5, 5.41) is 9.01. The van der Waals surface area contributed by atoms with Gasteiger partial charge in [0, 0.05) is 0 Å². The zero-order valence-corrected chi connectivity index (χ0v) is 11.4. The number of rotatable bonds is 3. The van der Waals surface area contributed by atoms with Gasteiger partial charge in [-0.1, -0.05) is 38.6 Å². The molecule has 0 unspecified atom stereocenters. The standard InChI is InChI=1S/C13H15NO3S/c1-13(2,3)8-4-5-10-9(6-8)14-12(17-10)18-7-11(15)16/h4-6H,7H2,1-3H3,(H,15,16). The van der Waals surface area contributed by atoms with Gasteiger partial charge in [-0.15, -0.1) is 0 Å². The van der Waals surface area contributed by atoms with Crippen LogP contribution in [0.3, 0.4) is 0 Å². The average Bonchev–Trinajstić information content (AvgIpc) is 2.66. The molecule has 0 spiro atoms. The summed E-state index contributed by atoms with van der Waals surface area (Å²) in [4.78, 5) is 14.8. The second-order valence-electron chi connectivity index (χ2n) is 5.09. The molecule has 0 aliphatic heterocycles. The number of nitrogens with zero attached hydrogens (tertiary/aromatic N) is 1. The van der Waals surface area contributed by atoms with E-state index in [1.54, 1.807) is 0 Å². The molecule has 0 saturated heterocycles. The zero-order valence-electron chi connectivity index (χ0n) is 10.6. The maximum atomic E-state index is 10.5. The van der Waals surface area contributed by atoms with Crippen LogP contribution in [0.4, 0.5) is 0 Å². The number of carbonyl (C=O) groups is 1. The second kappa shape index (κ2) is 4.65. The summed E-state index contributed by atoms with van der Waals surface area (Å²) in [6, 6.07) is 5.89. The minimum Gasteiger partial charge on any atom is -0.481 e. The maximum Gasteiger partial charge on any atom is 0.314 e. The number of hydrogen-bond acceptors (Lipinski definition) is 4. The third-order valence-corrected chi connectivity index (χ3v) is 3.37. The summed E-state index contributed by atoms with van der Waals surface area (Å²) in [5.74, 6) is -0.920. The topological polar surface area (TPSA) is 63.3 Å². The highest BCUT2D eigenvalue weighted by Gasteiger charge is 2.16. The predicted octanol–water partition coefficient (Wildman–Crippen LogP) is 3.30. The summed E-state index contributed by atoms with van der Waals surface area (Å²) in [7, 11) is 0. The van der Waals surface area contributed by atoms with Crippen LogP contribution in [0.2, 0.25) is 0 Å². The molecule has 1 aromatic carbocycles. The monoisotopic (exact) mass is 265 g/mol. The van der Waals surface area contributed by atoms with E-state index in [9.17, 15) is 4.79 Å². The van der Waals surface area contributed by atoms with Crippen LogP contribution in [0.15, 0.2) is 27.8 Å². The number of benzene rings is 1. The lowest BCUT2D eigenvalue weighted by atomic mass is 9.87. The van der Waals surface area contributed by atoms with Crippen molar-refractivity contribution in [2.24, 2.45) is 0 Å². The molecule has 0 atom stereocenters. The largest absolute Gasteiger partial charge is 0.481 e. The Hall–Kier alpha value is -1.49. The van der Waals surface area contributed by atoms with Crippen LogP contribution in [-0.4, -0.2) is 21.8 Å². The van der Waals surface area contributed by atoms with Gasteiger partial charge < -0.3 is 9.52 Å². The molecule has 0 aliphatic rings. The van der Waals surface area contributed by atoms with Gasteiger partial charge in [-0.3, -0.25) is 4.79 Å². The van der Waals surface area contributed by atoms with E-state index in [0.717, 1.165) is 17.3 Å². The molecule has 4 nitrogen and oxygen atoms in total. The van der Waals surface area contributed by atoms with Crippen LogP contribution < -0.4 is 0 Å². The van der Waals surface area contributed by atoms with Gasteiger partial charge in [0.2, 0.25) is 0 Å². The lowest BCUT2D eigenvalue weighted by Gasteiger charge is -2.18. The van der Waals surface area contributed by atoms with Crippen LogP contribution in [0.25, 0.3) is 11.1 Å². The Labute approximate surface area is 109 Å². The number of thioether (sulfide) groups is 1. The van der Waals surface area contributed by atoms with Gasteiger partial charge in [0.1, 0.15) is 11.3 Å². The molecule has 18 heavy (non-hydrogen) atoms. The summed E-state index contributed by atoms with van der Waals surface area (Å²) >= 11 is 1.09. The molecule has 2 rings (SSSR count). The number of carboxylic acids is 1. The van der Waals surface area contributed by atoms with Crippen molar-refractivity contribution in [2.75, 3.05) is 5.75 Å². The molecule has 96 valence electrons. The molecule has 1 heterocycles. The predicted molar refractivity (Wildman–Crippen MR) is 71.1 cm³/mol. The summed E-state index contributed by atoms with van der Waals surface area (Å²) in [5.41, 5.74) is 2.70. The van der Waals surface area contributed by atoms with Crippen molar-refractivity contribution in [3.8, 4) is 0 Å². The molecular weight excluding hydrogens is 250 g/mol. The third kappa shape index (κ3) is 2.85. The van der Waals surface area contributed by atoms with Crippen molar-refractivity contribution in [2.45, 2.75) is 31.4 Å². The van der Waals surface area contributed by atoms with Crippen LogP contribution >= 0.6 is 11.8 Å². The summed E-state index contributed by atoms with van der Waals surface area (Å²) in [6.45, 7) is 6.40. The minimum atomic E-state index is -0.877. The first kappa shape index (κ1) is 13.0. The normalized spacial score (nSPS) is 11.9. The Morgan fingerprint density at radius 1 is 1.44 bits per heavy atom. The molecule has 2 aromatic rings. The van der Waals surface area contributed by atoms with Crippen LogP contribution in [-0.2, 0) is 10.2 Å². The van der Waals surface area contributed by atoms with Gasteiger partial charge >= 0.3 is 5.97 Å². The van der Waals surface area contributed by atoms with Crippen LogP contribution in [0.5, 0.6) is 0 Å². The van der Waals surface area contributed by atoms with Gasteiger partial charge in [0.25, 0.3) is 5.22 Å². The molecule has 0 fully saturated rings. The van der Waals surface area contributed by atoms with Gasteiger partial charge in [0.05, 0.1) is 0 Å². The van der Waals surface area contributed by atoms with Crippen molar-refractivity contribution >= 4 is 28.8 Å². The number of fused-ring (bicyclic) bond motifs is 1. The van der Waals surface area contributed by atoms with Crippen LogP contribution in [0.1, 0.15) is 26.3 Å². The van der Waals surface area contributed by atoms with E-state index in [-0.39, 0.29) is 11.2 Å². The highest BCUT2D eigenvalue weighted by Crippen LogP contribution is 2.28. The fourth-order valence-electron chi connectivity index (χ4n) is 1.56. The average molecular weight is 265 g/mol. The third-order valence-electron chi connectivity index (χ3n) is 2.55. The van der Waals surface area contributed by atoms with Crippen molar-refractivity contribution in [3.63, 3.8) is 0 Å².